The number of aromatic nitrogens is 2. The minimum Gasteiger partial charge on any atom is -0.337 e. The maximum Gasteiger partial charge on any atom is 0.326 e. The Morgan fingerprint density at radius 3 is 3.00 bits per heavy atom. The van der Waals surface area contributed by atoms with Crippen molar-refractivity contribution in [3.8, 4) is 0 Å². The third-order valence-corrected chi connectivity index (χ3v) is 3.67. The number of rotatable bonds is 2. The van der Waals surface area contributed by atoms with Gasteiger partial charge in [-0.3, -0.25) is 4.57 Å². The molecule has 82 valence electrons. The highest BCUT2D eigenvalue weighted by atomic mass is 32.2. The molecule has 4 nitrogen and oxygen atoms in total. The minimum absolute atomic E-state index is 0.0780. The monoisotopic (exact) mass is 225 g/mol. The van der Waals surface area contributed by atoms with Crippen LogP contribution in [0.15, 0.2) is 18.7 Å². The molecule has 0 atom stereocenters. The Hall–Kier alpha value is -0.970. The summed E-state index contributed by atoms with van der Waals surface area (Å²) in [4.78, 5) is 15.4. The molecule has 15 heavy (non-hydrogen) atoms. The lowest BCUT2D eigenvalue weighted by atomic mass is 10.0. The average molecular weight is 225 g/mol. The molecule has 0 radical (unpaired) electrons. The van der Waals surface area contributed by atoms with Crippen molar-refractivity contribution in [3.05, 3.63) is 18.7 Å². The van der Waals surface area contributed by atoms with Crippen LogP contribution >= 0.6 is 11.8 Å². The molecular weight excluding hydrogens is 210 g/mol. The van der Waals surface area contributed by atoms with Gasteiger partial charge < -0.3 is 5.32 Å². The minimum atomic E-state index is -0.0780. The van der Waals surface area contributed by atoms with Gasteiger partial charge in [0, 0.05) is 18.9 Å². The molecule has 0 saturated carbocycles. The summed E-state index contributed by atoms with van der Waals surface area (Å²) in [6.45, 7) is 0.789. The van der Waals surface area contributed by atoms with Crippen LogP contribution in [0.1, 0.15) is 12.8 Å². The number of nitrogens with one attached hydrogen (secondary N) is 1. The van der Waals surface area contributed by atoms with Crippen LogP contribution in [0.5, 0.6) is 0 Å². The van der Waals surface area contributed by atoms with Crippen LogP contribution in [0.25, 0.3) is 0 Å². The third kappa shape index (κ3) is 2.99. The fourth-order valence-corrected chi connectivity index (χ4v) is 2.86. The maximum atomic E-state index is 11.6. The number of hydrogen-bond donors (Lipinski definition) is 1. The predicted molar refractivity (Wildman–Crippen MR) is 61.1 cm³/mol. The Morgan fingerprint density at radius 1 is 1.53 bits per heavy atom. The van der Waals surface area contributed by atoms with Crippen molar-refractivity contribution in [3.63, 3.8) is 0 Å². The lowest BCUT2D eigenvalue weighted by molar-refractivity contribution is 0.240. The van der Waals surface area contributed by atoms with E-state index in [9.17, 15) is 4.79 Å². The van der Waals surface area contributed by atoms with Gasteiger partial charge in [-0.2, -0.15) is 11.8 Å². The lowest BCUT2D eigenvalue weighted by Gasteiger charge is -2.21. The molecule has 1 aromatic rings. The molecule has 1 aliphatic heterocycles. The molecule has 2 heterocycles. The summed E-state index contributed by atoms with van der Waals surface area (Å²) >= 11 is 2.00. The van der Waals surface area contributed by atoms with Gasteiger partial charge in [-0.25, -0.2) is 9.78 Å². The van der Waals surface area contributed by atoms with Gasteiger partial charge in [0.15, 0.2) is 0 Å². The van der Waals surface area contributed by atoms with Crippen LogP contribution in [0.2, 0.25) is 0 Å². The summed E-state index contributed by atoms with van der Waals surface area (Å²) in [6.07, 6.45) is 7.22. The van der Waals surface area contributed by atoms with E-state index < -0.39 is 0 Å². The number of hydrogen-bond acceptors (Lipinski definition) is 3. The van der Waals surface area contributed by atoms with E-state index in [1.54, 1.807) is 12.4 Å². The van der Waals surface area contributed by atoms with Crippen LogP contribution in [0, 0.1) is 5.92 Å². The van der Waals surface area contributed by atoms with Gasteiger partial charge >= 0.3 is 6.03 Å². The molecule has 0 unspecified atom stereocenters. The van der Waals surface area contributed by atoms with Gasteiger partial charge in [0.1, 0.15) is 6.33 Å². The fraction of sp³-hybridized carbons (Fsp3) is 0.600. The van der Waals surface area contributed by atoms with E-state index >= 15 is 0 Å². The largest absolute Gasteiger partial charge is 0.337 e. The molecule has 1 N–H and O–H groups in total. The van der Waals surface area contributed by atoms with Gasteiger partial charge in [-0.05, 0) is 30.3 Å². The van der Waals surface area contributed by atoms with Crippen molar-refractivity contribution < 1.29 is 4.79 Å². The smallest absolute Gasteiger partial charge is 0.326 e. The van der Waals surface area contributed by atoms with E-state index in [1.807, 2.05) is 11.8 Å². The first-order chi connectivity index (χ1) is 7.36. The zero-order valence-electron chi connectivity index (χ0n) is 8.56. The first-order valence-corrected chi connectivity index (χ1v) is 6.35. The van der Waals surface area contributed by atoms with Crippen LogP contribution in [-0.4, -0.2) is 33.6 Å². The van der Waals surface area contributed by atoms with E-state index in [-0.39, 0.29) is 6.03 Å². The van der Waals surface area contributed by atoms with Gasteiger partial charge in [0.05, 0.1) is 0 Å². The number of amides is 1. The van der Waals surface area contributed by atoms with Gasteiger partial charge in [-0.15, -0.1) is 0 Å². The molecule has 1 aromatic heterocycles. The fourth-order valence-electron chi connectivity index (χ4n) is 1.65. The van der Waals surface area contributed by atoms with Gasteiger partial charge in [0.25, 0.3) is 0 Å². The summed E-state index contributed by atoms with van der Waals surface area (Å²) in [5.41, 5.74) is 0. The van der Waals surface area contributed by atoms with E-state index in [0.29, 0.717) is 5.92 Å². The number of thioether (sulfide) groups is 1. The Balaban J connectivity index is 1.75. The molecule has 0 spiro atoms. The van der Waals surface area contributed by atoms with Crippen molar-refractivity contribution in [2.75, 3.05) is 18.1 Å². The van der Waals surface area contributed by atoms with Crippen molar-refractivity contribution in [1.82, 2.24) is 14.9 Å². The third-order valence-electron chi connectivity index (χ3n) is 2.62. The highest BCUT2D eigenvalue weighted by molar-refractivity contribution is 7.99. The summed E-state index contributed by atoms with van der Waals surface area (Å²) in [7, 11) is 0. The molecule has 0 bridgehead atoms. The molecule has 1 saturated heterocycles. The number of imidazole rings is 1. The SMILES string of the molecule is O=C(NCC1CCSCC1)n1ccnc1. The first-order valence-electron chi connectivity index (χ1n) is 5.20. The van der Waals surface area contributed by atoms with Gasteiger partial charge in [0.2, 0.25) is 0 Å². The molecule has 0 aliphatic carbocycles. The Morgan fingerprint density at radius 2 is 2.33 bits per heavy atom. The average Bonchev–Trinajstić information content (AvgIpc) is 2.81. The molecule has 5 heteroatoms. The van der Waals surface area contributed by atoms with E-state index in [2.05, 4.69) is 10.3 Å². The molecule has 2 rings (SSSR count). The highest BCUT2D eigenvalue weighted by Gasteiger charge is 2.14. The van der Waals surface area contributed by atoms with Crippen LogP contribution in [0.3, 0.4) is 0 Å². The number of carbonyl (C=O) groups excluding carboxylic acids is 1. The second-order valence-corrected chi connectivity index (χ2v) is 4.94. The maximum absolute atomic E-state index is 11.6. The van der Waals surface area contributed by atoms with Crippen LogP contribution in [-0.2, 0) is 0 Å². The summed E-state index contributed by atoms with van der Waals surface area (Å²) in [6, 6.07) is -0.0780. The number of nitrogens with zero attached hydrogens (tertiary/aromatic N) is 2. The second-order valence-electron chi connectivity index (χ2n) is 3.71. The molecule has 1 aliphatic rings. The Labute approximate surface area is 93.5 Å². The first kappa shape index (κ1) is 10.5. The predicted octanol–water partition coefficient (Wildman–Crippen LogP) is 1.58. The molecule has 1 amide bonds. The summed E-state index contributed by atoms with van der Waals surface area (Å²) in [5, 5.41) is 2.93. The van der Waals surface area contributed by atoms with E-state index in [4.69, 9.17) is 0 Å². The van der Waals surface area contributed by atoms with Crippen molar-refractivity contribution in [2.24, 2.45) is 5.92 Å². The highest BCUT2D eigenvalue weighted by Crippen LogP contribution is 2.21. The second kappa shape index (κ2) is 5.21. The van der Waals surface area contributed by atoms with Crippen molar-refractivity contribution in [1.29, 1.82) is 0 Å². The van der Waals surface area contributed by atoms with Gasteiger partial charge in [-0.1, -0.05) is 0 Å². The molecular formula is C10H15N3OS. The van der Waals surface area contributed by atoms with Crippen LogP contribution in [0.4, 0.5) is 4.79 Å². The van der Waals surface area contributed by atoms with E-state index in [1.165, 1.54) is 35.2 Å². The Kier molecular flexibility index (Phi) is 3.66. The zero-order valence-corrected chi connectivity index (χ0v) is 9.37. The summed E-state index contributed by atoms with van der Waals surface area (Å²) in [5.74, 6) is 3.11. The molecule has 1 fully saturated rings. The quantitative estimate of drug-likeness (QED) is 0.831. The van der Waals surface area contributed by atoms with Crippen molar-refractivity contribution >= 4 is 17.8 Å². The summed E-state index contributed by atoms with van der Waals surface area (Å²) < 4.78 is 1.47. The standard InChI is InChI=1S/C10H15N3OS/c14-10(13-4-3-11-8-13)12-7-9-1-5-15-6-2-9/h3-4,8-9H,1-2,5-7H2,(H,12,14). The number of carbonyl (C=O) groups is 1. The van der Waals surface area contributed by atoms with E-state index in [0.717, 1.165) is 6.54 Å². The van der Waals surface area contributed by atoms with Crippen LogP contribution < -0.4 is 5.32 Å². The normalized spacial score (nSPS) is 17.6. The lowest BCUT2D eigenvalue weighted by Crippen LogP contribution is -2.33. The zero-order chi connectivity index (χ0) is 10.5. The molecule has 0 aromatic carbocycles. The van der Waals surface area contributed by atoms with Crippen molar-refractivity contribution in [2.45, 2.75) is 12.8 Å². The Bertz CT molecular complexity index is 306. The topological polar surface area (TPSA) is 46.9 Å².